The van der Waals surface area contributed by atoms with Crippen LogP contribution in [0.15, 0.2) is 17.1 Å². The van der Waals surface area contributed by atoms with Gasteiger partial charge in [0.15, 0.2) is 0 Å². The summed E-state index contributed by atoms with van der Waals surface area (Å²) < 4.78 is 6.87. The third-order valence-corrected chi connectivity index (χ3v) is 3.82. The minimum Gasteiger partial charge on any atom is -0.381 e. The molecule has 0 amide bonds. The molecule has 0 aromatic carbocycles. The van der Waals surface area contributed by atoms with Crippen LogP contribution < -0.4 is 16.2 Å². The van der Waals surface area contributed by atoms with Crippen LogP contribution in [0.3, 0.4) is 0 Å². The molecule has 2 N–H and O–H groups in total. The molecule has 1 aliphatic rings. The van der Waals surface area contributed by atoms with Crippen LogP contribution in [-0.4, -0.2) is 42.6 Å². The highest BCUT2D eigenvalue weighted by Crippen LogP contribution is 2.18. The van der Waals surface area contributed by atoms with Gasteiger partial charge in [-0.1, -0.05) is 0 Å². The minimum atomic E-state index is -0.0339. The predicted molar refractivity (Wildman–Crippen MR) is 79.0 cm³/mol. The molecule has 0 atom stereocenters. The molecule has 0 spiro atoms. The molecule has 1 saturated heterocycles. The van der Waals surface area contributed by atoms with Crippen LogP contribution >= 0.6 is 0 Å². The lowest BCUT2D eigenvalue weighted by Gasteiger charge is -2.32. The van der Waals surface area contributed by atoms with E-state index in [4.69, 9.17) is 10.5 Å². The lowest BCUT2D eigenvalue weighted by molar-refractivity contribution is 0.0819. The van der Waals surface area contributed by atoms with Crippen molar-refractivity contribution in [3.05, 3.63) is 22.6 Å². The van der Waals surface area contributed by atoms with Crippen molar-refractivity contribution >= 4 is 5.69 Å². The second-order valence-corrected chi connectivity index (χ2v) is 5.19. The van der Waals surface area contributed by atoms with E-state index in [-0.39, 0.29) is 5.56 Å². The molecule has 2 rings (SSSR count). The van der Waals surface area contributed by atoms with Crippen molar-refractivity contribution in [2.75, 3.05) is 31.6 Å². The summed E-state index contributed by atoms with van der Waals surface area (Å²) in [6.07, 6.45) is 5.93. The number of methoxy groups -OCH3 is 1. The molecule has 0 unspecified atom stereocenters. The quantitative estimate of drug-likeness (QED) is 0.772. The Balaban J connectivity index is 1.97. The molecule has 1 fully saturated rings. The molecule has 2 heterocycles. The highest BCUT2D eigenvalue weighted by molar-refractivity contribution is 5.43. The molecule has 0 saturated carbocycles. The van der Waals surface area contributed by atoms with E-state index in [1.165, 1.54) is 4.68 Å². The lowest BCUT2D eigenvalue weighted by Crippen LogP contribution is -2.37. The molecule has 1 aliphatic heterocycles. The third kappa shape index (κ3) is 3.80. The molecule has 6 heteroatoms. The van der Waals surface area contributed by atoms with E-state index in [2.05, 4.69) is 10.00 Å². The second kappa shape index (κ2) is 7.40. The summed E-state index contributed by atoms with van der Waals surface area (Å²) in [7, 11) is 1.75. The summed E-state index contributed by atoms with van der Waals surface area (Å²) in [6.45, 7) is 3.12. The van der Waals surface area contributed by atoms with E-state index in [9.17, 15) is 4.79 Å². The van der Waals surface area contributed by atoms with Crippen molar-refractivity contribution in [2.45, 2.75) is 38.3 Å². The van der Waals surface area contributed by atoms with Crippen molar-refractivity contribution in [3.63, 3.8) is 0 Å². The average Bonchev–Trinajstić information content (AvgIpc) is 2.49. The zero-order valence-corrected chi connectivity index (χ0v) is 12.1. The van der Waals surface area contributed by atoms with Gasteiger partial charge in [-0.05, 0) is 32.2 Å². The van der Waals surface area contributed by atoms with Gasteiger partial charge in [0.05, 0.1) is 18.0 Å². The second-order valence-electron chi connectivity index (χ2n) is 5.19. The largest absolute Gasteiger partial charge is 0.381 e. The maximum atomic E-state index is 12.0. The van der Waals surface area contributed by atoms with E-state index in [0.29, 0.717) is 19.2 Å². The molecule has 0 aliphatic carbocycles. The smallest absolute Gasteiger partial charge is 0.268 e. The van der Waals surface area contributed by atoms with Gasteiger partial charge in [0.2, 0.25) is 0 Å². The number of aromatic nitrogens is 2. The molecular weight excluding hydrogens is 256 g/mol. The van der Waals surface area contributed by atoms with Crippen LogP contribution in [0.5, 0.6) is 0 Å². The predicted octanol–water partition coefficient (Wildman–Crippen LogP) is 0.597. The molecule has 6 nitrogen and oxygen atoms in total. The molecule has 1 aromatic heterocycles. The van der Waals surface area contributed by atoms with Crippen LogP contribution in [0.4, 0.5) is 5.69 Å². The van der Waals surface area contributed by atoms with Crippen LogP contribution in [0, 0.1) is 0 Å². The topological polar surface area (TPSA) is 73.4 Å². The molecule has 112 valence electrons. The number of aryl methyl sites for hydroxylation is 1. The lowest BCUT2D eigenvalue weighted by atomic mass is 10.1. The van der Waals surface area contributed by atoms with E-state index >= 15 is 0 Å². The number of nitrogens with zero attached hydrogens (tertiary/aromatic N) is 3. The monoisotopic (exact) mass is 280 g/mol. The van der Waals surface area contributed by atoms with Crippen molar-refractivity contribution < 1.29 is 4.74 Å². The normalized spacial score (nSPS) is 16.6. The number of rotatable bonds is 6. The number of hydrogen-bond acceptors (Lipinski definition) is 5. The summed E-state index contributed by atoms with van der Waals surface area (Å²) >= 11 is 0. The first kappa shape index (κ1) is 15.0. The van der Waals surface area contributed by atoms with Crippen molar-refractivity contribution in [1.29, 1.82) is 0 Å². The van der Waals surface area contributed by atoms with Gasteiger partial charge in [-0.2, -0.15) is 5.10 Å². The zero-order valence-electron chi connectivity index (χ0n) is 12.1. The number of ether oxygens (including phenoxy) is 1. The van der Waals surface area contributed by atoms with Crippen LogP contribution in [0.1, 0.15) is 25.7 Å². The van der Waals surface area contributed by atoms with Gasteiger partial charge in [-0.15, -0.1) is 0 Å². The number of piperidine rings is 1. The fourth-order valence-electron chi connectivity index (χ4n) is 2.52. The first-order valence-electron chi connectivity index (χ1n) is 7.29. The van der Waals surface area contributed by atoms with Gasteiger partial charge < -0.3 is 15.4 Å². The SMILES string of the molecule is COC1CCN(c2cnn(CCCCN)c(=O)c2)CC1. The maximum Gasteiger partial charge on any atom is 0.268 e. The minimum absolute atomic E-state index is 0.0339. The van der Waals surface area contributed by atoms with E-state index in [0.717, 1.165) is 44.5 Å². The number of unbranched alkanes of at least 4 members (excludes halogenated alkanes) is 1. The van der Waals surface area contributed by atoms with Crippen molar-refractivity contribution in [1.82, 2.24) is 9.78 Å². The summed E-state index contributed by atoms with van der Waals surface area (Å²) in [5.74, 6) is 0. The Kier molecular flexibility index (Phi) is 5.55. The highest BCUT2D eigenvalue weighted by Gasteiger charge is 2.19. The summed E-state index contributed by atoms with van der Waals surface area (Å²) in [4.78, 5) is 14.2. The van der Waals surface area contributed by atoms with Gasteiger partial charge in [-0.25, -0.2) is 4.68 Å². The van der Waals surface area contributed by atoms with Crippen LogP contribution in [0.25, 0.3) is 0 Å². The Morgan fingerprint density at radius 2 is 2.15 bits per heavy atom. The first-order valence-corrected chi connectivity index (χ1v) is 7.29. The van der Waals surface area contributed by atoms with Crippen molar-refractivity contribution in [3.8, 4) is 0 Å². The summed E-state index contributed by atoms with van der Waals surface area (Å²) in [5, 5.41) is 4.25. The molecule has 0 radical (unpaired) electrons. The van der Waals surface area contributed by atoms with Crippen LogP contribution in [0.2, 0.25) is 0 Å². The van der Waals surface area contributed by atoms with Crippen molar-refractivity contribution in [2.24, 2.45) is 5.73 Å². The average molecular weight is 280 g/mol. The summed E-state index contributed by atoms with van der Waals surface area (Å²) in [5.41, 5.74) is 6.33. The Morgan fingerprint density at radius 3 is 2.75 bits per heavy atom. The first-order chi connectivity index (χ1) is 9.74. The summed E-state index contributed by atoms with van der Waals surface area (Å²) in [6, 6.07) is 1.68. The maximum absolute atomic E-state index is 12.0. The van der Waals surface area contributed by atoms with Gasteiger partial charge in [0.25, 0.3) is 5.56 Å². The molecule has 0 bridgehead atoms. The molecular formula is C14H24N4O2. The Bertz CT molecular complexity index is 466. The van der Waals surface area contributed by atoms with Gasteiger partial charge in [-0.3, -0.25) is 4.79 Å². The van der Waals surface area contributed by atoms with Gasteiger partial charge in [0, 0.05) is 32.8 Å². The van der Waals surface area contributed by atoms with Crippen LogP contribution in [-0.2, 0) is 11.3 Å². The number of hydrogen-bond donors (Lipinski definition) is 1. The fourth-order valence-corrected chi connectivity index (χ4v) is 2.52. The Hall–Kier alpha value is -1.40. The Morgan fingerprint density at radius 1 is 1.40 bits per heavy atom. The van der Waals surface area contributed by atoms with Gasteiger partial charge in [0.1, 0.15) is 0 Å². The van der Waals surface area contributed by atoms with E-state index in [1.807, 2.05) is 0 Å². The molecule has 1 aromatic rings. The molecule has 20 heavy (non-hydrogen) atoms. The van der Waals surface area contributed by atoms with E-state index < -0.39 is 0 Å². The fraction of sp³-hybridized carbons (Fsp3) is 0.714. The zero-order chi connectivity index (χ0) is 14.4. The number of nitrogens with two attached hydrogens (primary N) is 1. The van der Waals surface area contributed by atoms with E-state index in [1.54, 1.807) is 19.4 Å². The number of anilines is 1. The highest BCUT2D eigenvalue weighted by atomic mass is 16.5. The van der Waals surface area contributed by atoms with Gasteiger partial charge >= 0.3 is 0 Å². The standard InChI is InChI=1S/C14H24N4O2/c1-20-13-4-8-17(9-5-13)12-10-14(19)18(16-11-12)7-3-2-6-15/h10-11,13H,2-9,15H2,1H3. The third-order valence-electron chi connectivity index (χ3n) is 3.82. The Labute approximate surface area is 119 Å².